The highest BCUT2D eigenvalue weighted by Gasteiger charge is 2.48. The maximum Gasteiger partial charge on any atom is 0.204 e. The molecule has 0 saturated heterocycles. The van der Waals surface area contributed by atoms with E-state index in [4.69, 9.17) is 9.72 Å². The van der Waals surface area contributed by atoms with Crippen molar-refractivity contribution in [3.8, 4) is 11.3 Å². The molecule has 0 aliphatic carbocycles. The summed E-state index contributed by atoms with van der Waals surface area (Å²) in [6.45, 7) is 3.77. The molecule has 0 amide bonds. The number of aryl methyl sites for hydroxylation is 1. The van der Waals surface area contributed by atoms with Crippen molar-refractivity contribution >= 4 is 16.9 Å². The van der Waals surface area contributed by atoms with Crippen LogP contribution < -0.4 is 4.90 Å². The Balaban J connectivity index is 1.55. The molecule has 1 aliphatic heterocycles. The third-order valence-electron chi connectivity index (χ3n) is 6.94. The normalized spacial score (nSPS) is 17.7. The van der Waals surface area contributed by atoms with Crippen LogP contribution in [0, 0.1) is 5.82 Å². The lowest BCUT2D eigenvalue weighted by Crippen LogP contribution is -2.55. The maximum absolute atomic E-state index is 13.5. The molecule has 35 heavy (non-hydrogen) atoms. The van der Waals surface area contributed by atoms with E-state index < -0.39 is 5.54 Å². The first-order valence-corrected chi connectivity index (χ1v) is 11.9. The van der Waals surface area contributed by atoms with E-state index in [2.05, 4.69) is 50.4 Å². The topological polar surface area (TPSA) is 74.8 Å². The summed E-state index contributed by atoms with van der Waals surface area (Å²) >= 11 is 0. The fourth-order valence-electron chi connectivity index (χ4n) is 5.29. The van der Waals surface area contributed by atoms with Crippen molar-refractivity contribution < 1.29 is 9.13 Å². The van der Waals surface area contributed by atoms with Gasteiger partial charge in [0.15, 0.2) is 0 Å². The van der Waals surface area contributed by atoms with Crippen molar-refractivity contribution in [3.05, 3.63) is 89.8 Å². The Morgan fingerprint density at radius 1 is 1.09 bits per heavy atom. The number of aromatic amines is 2. The van der Waals surface area contributed by atoms with Crippen LogP contribution in [0.15, 0.2) is 67.1 Å². The van der Waals surface area contributed by atoms with E-state index >= 15 is 0 Å². The molecule has 1 aliphatic rings. The standard InChI is InChI=1S/C27H27FN6O/c1-3-35-17-27(19-14-30-33(2)16-19)25-22(21-6-4-5-7-23(21)31-25)12-13-34(27)26-29-15-24(32-26)18-8-10-20(28)11-9-18/h4-11,14-16,31H,3,12-13,17H2,1-2H3,(H,29,32)/t27-/m0/s1. The van der Waals surface area contributed by atoms with Crippen molar-refractivity contribution in [3.63, 3.8) is 0 Å². The summed E-state index contributed by atoms with van der Waals surface area (Å²) in [5.41, 5.74) is 5.59. The molecular weight excluding hydrogens is 443 g/mol. The fraction of sp³-hybridized carbons (Fsp3) is 0.259. The summed E-state index contributed by atoms with van der Waals surface area (Å²) in [5, 5.41) is 5.75. The van der Waals surface area contributed by atoms with Crippen LogP contribution >= 0.6 is 0 Å². The third kappa shape index (κ3) is 3.44. The molecule has 0 saturated carbocycles. The maximum atomic E-state index is 13.5. The van der Waals surface area contributed by atoms with Gasteiger partial charge < -0.3 is 19.6 Å². The molecule has 0 radical (unpaired) electrons. The third-order valence-corrected chi connectivity index (χ3v) is 6.94. The summed E-state index contributed by atoms with van der Waals surface area (Å²) in [6, 6.07) is 14.9. The number of ether oxygens (including phenoxy) is 1. The molecule has 3 aromatic heterocycles. The van der Waals surface area contributed by atoms with Gasteiger partial charge in [-0.1, -0.05) is 18.2 Å². The monoisotopic (exact) mass is 470 g/mol. The van der Waals surface area contributed by atoms with Crippen LogP contribution in [0.2, 0.25) is 0 Å². The minimum Gasteiger partial charge on any atom is -0.378 e. The first-order chi connectivity index (χ1) is 17.1. The number of H-pyrrole nitrogens is 2. The van der Waals surface area contributed by atoms with Crippen molar-refractivity contribution in [1.29, 1.82) is 0 Å². The molecule has 8 heteroatoms. The van der Waals surface area contributed by atoms with E-state index in [1.807, 2.05) is 24.9 Å². The Hall–Kier alpha value is -3.91. The fourth-order valence-corrected chi connectivity index (χ4v) is 5.29. The Morgan fingerprint density at radius 2 is 1.91 bits per heavy atom. The SMILES string of the molecule is CCOC[C@]1(c2cnn(C)c2)c2[nH]c3ccccc3c2CCN1c1ncc(-c2ccc(F)cc2)[nH]1. The van der Waals surface area contributed by atoms with Crippen molar-refractivity contribution in [2.24, 2.45) is 7.05 Å². The van der Waals surface area contributed by atoms with Crippen LogP contribution in [-0.2, 0) is 23.7 Å². The molecule has 4 heterocycles. The highest BCUT2D eigenvalue weighted by molar-refractivity contribution is 5.86. The Bertz CT molecular complexity index is 1480. The second kappa shape index (κ2) is 8.39. The highest BCUT2D eigenvalue weighted by atomic mass is 19.1. The average Bonchev–Trinajstić information content (AvgIpc) is 3.61. The number of nitrogens with zero attached hydrogens (tertiary/aromatic N) is 4. The van der Waals surface area contributed by atoms with Crippen molar-refractivity contribution in [2.75, 3.05) is 24.7 Å². The Labute approximate surface area is 202 Å². The smallest absolute Gasteiger partial charge is 0.204 e. The van der Waals surface area contributed by atoms with Gasteiger partial charge in [0.2, 0.25) is 5.95 Å². The number of aromatic nitrogens is 5. The van der Waals surface area contributed by atoms with Crippen LogP contribution in [0.3, 0.4) is 0 Å². The predicted molar refractivity (Wildman–Crippen MR) is 134 cm³/mol. The summed E-state index contributed by atoms with van der Waals surface area (Å²) in [5.74, 6) is 0.473. The van der Waals surface area contributed by atoms with Crippen LogP contribution in [0.1, 0.15) is 23.7 Å². The zero-order valence-corrected chi connectivity index (χ0v) is 19.8. The number of nitrogens with one attached hydrogen (secondary N) is 2. The number of fused-ring (bicyclic) bond motifs is 3. The molecule has 2 N–H and O–H groups in total. The Kier molecular flexibility index (Phi) is 5.18. The summed E-state index contributed by atoms with van der Waals surface area (Å²) in [7, 11) is 1.93. The molecular formula is C27H27FN6O. The number of hydrogen-bond donors (Lipinski definition) is 2. The molecule has 0 fully saturated rings. The largest absolute Gasteiger partial charge is 0.378 e. The van der Waals surface area contributed by atoms with E-state index in [9.17, 15) is 4.39 Å². The molecule has 0 bridgehead atoms. The van der Waals surface area contributed by atoms with Gasteiger partial charge in [-0.05, 0) is 54.8 Å². The first-order valence-electron chi connectivity index (χ1n) is 11.9. The van der Waals surface area contributed by atoms with Crippen LogP contribution in [0.4, 0.5) is 10.3 Å². The summed E-state index contributed by atoms with van der Waals surface area (Å²) < 4.78 is 21.5. The number of anilines is 1. The molecule has 7 nitrogen and oxygen atoms in total. The van der Waals surface area contributed by atoms with Crippen LogP contribution in [-0.4, -0.2) is 44.5 Å². The number of imidazole rings is 1. The van der Waals surface area contributed by atoms with Gasteiger partial charge in [-0.25, -0.2) is 9.37 Å². The van der Waals surface area contributed by atoms with Crippen LogP contribution in [0.5, 0.6) is 0 Å². The second-order valence-electron chi connectivity index (χ2n) is 8.95. The Morgan fingerprint density at radius 3 is 2.69 bits per heavy atom. The minimum atomic E-state index is -0.658. The summed E-state index contributed by atoms with van der Waals surface area (Å²) in [4.78, 5) is 14.3. The number of rotatable bonds is 6. The summed E-state index contributed by atoms with van der Waals surface area (Å²) in [6.07, 6.45) is 6.63. The first kappa shape index (κ1) is 21.6. The lowest BCUT2D eigenvalue weighted by Gasteiger charge is -2.46. The van der Waals surface area contributed by atoms with Crippen molar-refractivity contribution in [1.82, 2.24) is 24.7 Å². The lowest BCUT2D eigenvalue weighted by atomic mass is 9.81. The number of hydrogen-bond acceptors (Lipinski definition) is 4. The van der Waals surface area contributed by atoms with Gasteiger partial charge in [0, 0.05) is 42.9 Å². The van der Waals surface area contributed by atoms with Crippen molar-refractivity contribution in [2.45, 2.75) is 18.9 Å². The molecule has 6 rings (SSSR count). The van der Waals surface area contributed by atoms with E-state index in [0.29, 0.717) is 13.2 Å². The van der Waals surface area contributed by atoms with Gasteiger partial charge in [0.25, 0.3) is 0 Å². The van der Waals surface area contributed by atoms with E-state index in [1.54, 1.807) is 18.3 Å². The molecule has 5 aromatic rings. The van der Waals surface area contributed by atoms with E-state index in [-0.39, 0.29) is 5.82 Å². The molecule has 1 atom stereocenters. The molecule has 0 unspecified atom stereocenters. The quantitative estimate of drug-likeness (QED) is 0.375. The van der Waals surface area contributed by atoms with Gasteiger partial charge in [0.1, 0.15) is 11.4 Å². The van der Waals surface area contributed by atoms with Gasteiger partial charge in [0.05, 0.1) is 30.4 Å². The van der Waals surface area contributed by atoms with E-state index in [0.717, 1.165) is 46.9 Å². The molecule has 178 valence electrons. The highest BCUT2D eigenvalue weighted by Crippen LogP contribution is 2.45. The minimum absolute atomic E-state index is 0.261. The molecule has 0 spiro atoms. The second-order valence-corrected chi connectivity index (χ2v) is 8.95. The number of benzene rings is 2. The van der Waals surface area contributed by atoms with Gasteiger partial charge in [-0.15, -0.1) is 0 Å². The number of halogens is 1. The number of para-hydroxylation sites is 1. The molecule has 2 aromatic carbocycles. The average molecular weight is 471 g/mol. The van der Waals surface area contributed by atoms with Gasteiger partial charge in [-0.3, -0.25) is 4.68 Å². The predicted octanol–water partition coefficient (Wildman–Crippen LogP) is 4.77. The van der Waals surface area contributed by atoms with Gasteiger partial charge in [-0.2, -0.15) is 5.10 Å². The lowest BCUT2D eigenvalue weighted by molar-refractivity contribution is 0.100. The van der Waals surface area contributed by atoms with E-state index in [1.165, 1.54) is 23.1 Å². The zero-order valence-electron chi connectivity index (χ0n) is 19.8. The van der Waals surface area contributed by atoms with Crippen LogP contribution in [0.25, 0.3) is 22.2 Å². The van der Waals surface area contributed by atoms with Gasteiger partial charge >= 0.3 is 0 Å². The zero-order chi connectivity index (χ0) is 24.0.